The van der Waals surface area contributed by atoms with Gasteiger partial charge in [-0.25, -0.2) is 4.98 Å². The average Bonchev–Trinajstić information content (AvgIpc) is 2.72. The number of hydrogen-bond donors (Lipinski definition) is 1. The van der Waals surface area contributed by atoms with Crippen molar-refractivity contribution in [2.45, 2.75) is 0 Å². The zero-order chi connectivity index (χ0) is 9.71. The van der Waals surface area contributed by atoms with E-state index in [2.05, 4.69) is 20.3 Å². The predicted molar refractivity (Wildman–Crippen MR) is 52.4 cm³/mol. The van der Waals surface area contributed by atoms with Crippen LogP contribution < -0.4 is 0 Å². The Balaban J connectivity index is 2.68. The number of nitrogens with one attached hydrogen (secondary N) is 1. The van der Waals surface area contributed by atoms with Crippen LogP contribution >= 0.6 is 12.2 Å². The van der Waals surface area contributed by atoms with E-state index in [1.165, 1.54) is 0 Å². The summed E-state index contributed by atoms with van der Waals surface area (Å²) in [7, 11) is 1.84. The van der Waals surface area contributed by atoms with Crippen LogP contribution in [0, 0.1) is 4.77 Å². The molecule has 0 amide bonds. The van der Waals surface area contributed by atoms with Crippen LogP contribution in [0.1, 0.15) is 0 Å². The predicted octanol–water partition coefficient (Wildman–Crippen LogP) is 0.674. The molecule has 7 heteroatoms. The molecule has 3 aromatic heterocycles. The molecule has 0 radical (unpaired) electrons. The Morgan fingerprint density at radius 1 is 1.43 bits per heavy atom. The van der Waals surface area contributed by atoms with E-state index in [9.17, 15) is 0 Å². The SMILES string of the molecule is Cn1ncc2c1ncn1c(=S)[nH]nc21. The van der Waals surface area contributed by atoms with Gasteiger partial charge in [-0.2, -0.15) is 10.2 Å². The highest BCUT2D eigenvalue weighted by Crippen LogP contribution is 2.14. The van der Waals surface area contributed by atoms with E-state index in [0.29, 0.717) is 4.77 Å². The van der Waals surface area contributed by atoms with Gasteiger partial charge in [-0.05, 0) is 12.2 Å². The van der Waals surface area contributed by atoms with Crippen LogP contribution in [-0.4, -0.2) is 29.4 Å². The highest BCUT2D eigenvalue weighted by molar-refractivity contribution is 7.71. The number of aromatic nitrogens is 6. The van der Waals surface area contributed by atoms with Crippen molar-refractivity contribution in [2.75, 3.05) is 0 Å². The van der Waals surface area contributed by atoms with Crippen LogP contribution in [0.25, 0.3) is 16.7 Å². The summed E-state index contributed by atoms with van der Waals surface area (Å²) >= 11 is 5.03. The van der Waals surface area contributed by atoms with E-state index in [-0.39, 0.29) is 0 Å². The molecule has 14 heavy (non-hydrogen) atoms. The first-order valence-electron chi connectivity index (χ1n) is 4.01. The van der Waals surface area contributed by atoms with Gasteiger partial charge in [-0.15, -0.1) is 0 Å². The monoisotopic (exact) mass is 206 g/mol. The highest BCUT2D eigenvalue weighted by Gasteiger charge is 2.07. The lowest BCUT2D eigenvalue weighted by Crippen LogP contribution is -1.94. The minimum Gasteiger partial charge on any atom is -0.258 e. The van der Waals surface area contributed by atoms with Crippen molar-refractivity contribution in [3.63, 3.8) is 0 Å². The first-order chi connectivity index (χ1) is 6.77. The fraction of sp³-hybridized carbons (Fsp3) is 0.143. The molecule has 0 aliphatic rings. The van der Waals surface area contributed by atoms with E-state index in [1.807, 2.05) is 7.05 Å². The van der Waals surface area contributed by atoms with E-state index < -0.39 is 0 Å². The lowest BCUT2D eigenvalue weighted by Gasteiger charge is -1.93. The van der Waals surface area contributed by atoms with Gasteiger partial charge in [0, 0.05) is 7.05 Å². The Morgan fingerprint density at radius 2 is 2.29 bits per heavy atom. The van der Waals surface area contributed by atoms with Crippen molar-refractivity contribution in [2.24, 2.45) is 7.05 Å². The van der Waals surface area contributed by atoms with Crippen LogP contribution in [0.2, 0.25) is 0 Å². The number of rotatable bonds is 0. The Hall–Kier alpha value is -1.76. The summed E-state index contributed by atoms with van der Waals surface area (Å²) in [6, 6.07) is 0. The third kappa shape index (κ3) is 0.791. The zero-order valence-electron chi connectivity index (χ0n) is 7.30. The molecule has 0 aliphatic heterocycles. The second-order valence-corrected chi connectivity index (χ2v) is 3.36. The van der Waals surface area contributed by atoms with Gasteiger partial charge in [0.15, 0.2) is 11.3 Å². The fourth-order valence-corrected chi connectivity index (χ4v) is 1.64. The number of fused-ring (bicyclic) bond motifs is 3. The van der Waals surface area contributed by atoms with Gasteiger partial charge in [0.25, 0.3) is 0 Å². The lowest BCUT2D eigenvalue weighted by molar-refractivity contribution is 0.784. The summed E-state index contributed by atoms with van der Waals surface area (Å²) in [4.78, 5) is 4.24. The number of hydrogen-bond acceptors (Lipinski definition) is 4. The Morgan fingerprint density at radius 3 is 3.14 bits per heavy atom. The van der Waals surface area contributed by atoms with E-state index in [0.717, 1.165) is 16.7 Å². The normalized spacial score (nSPS) is 11.5. The molecule has 6 nitrogen and oxygen atoms in total. The molecule has 70 valence electrons. The van der Waals surface area contributed by atoms with Crippen molar-refractivity contribution in [1.82, 2.24) is 29.4 Å². The molecule has 0 saturated heterocycles. The molecule has 0 atom stereocenters. The Bertz CT molecular complexity index is 674. The zero-order valence-corrected chi connectivity index (χ0v) is 8.12. The third-order valence-electron chi connectivity index (χ3n) is 2.15. The Labute approximate surface area is 83.2 Å². The van der Waals surface area contributed by atoms with Crippen molar-refractivity contribution < 1.29 is 0 Å². The number of nitrogens with zero attached hydrogens (tertiary/aromatic N) is 5. The quantitative estimate of drug-likeness (QED) is 0.549. The molecular weight excluding hydrogens is 200 g/mol. The van der Waals surface area contributed by atoms with Crippen molar-refractivity contribution >= 4 is 28.9 Å². The molecule has 3 heterocycles. The van der Waals surface area contributed by atoms with Gasteiger partial charge in [-0.3, -0.25) is 14.2 Å². The minimum absolute atomic E-state index is 0.540. The van der Waals surface area contributed by atoms with E-state index >= 15 is 0 Å². The topological polar surface area (TPSA) is 63.8 Å². The minimum atomic E-state index is 0.540. The van der Waals surface area contributed by atoms with Gasteiger partial charge in [0.1, 0.15) is 6.33 Å². The van der Waals surface area contributed by atoms with Crippen molar-refractivity contribution in [3.05, 3.63) is 17.3 Å². The summed E-state index contributed by atoms with van der Waals surface area (Å²) in [6.45, 7) is 0. The second-order valence-electron chi connectivity index (χ2n) is 2.97. The van der Waals surface area contributed by atoms with Gasteiger partial charge in [0.05, 0.1) is 11.6 Å². The smallest absolute Gasteiger partial charge is 0.200 e. The summed E-state index contributed by atoms with van der Waals surface area (Å²) in [5.74, 6) is 0. The highest BCUT2D eigenvalue weighted by atomic mass is 32.1. The molecule has 0 spiro atoms. The molecule has 3 aromatic rings. The van der Waals surface area contributed by atoms with Crippen molar-refractivity contribution in [3.8, 4) is 0 Å². The molecule has 0 bridgehead atoms. The maximum absolute atomic E-state index is 5.03. The summed E-state index contributed by atoms with van der Waals surface area (Å²) in [5.41, 5.74) is 1.56. The maximum atomic E-state index is 5.03. The molecule has 1 N–H and O–H groups in total. The van der Waals surface area contributed by atoms with Crippen LogP contribution in [0.4, 0.5) is 0 Å². The van der Waals surface area contributed by atoms with Gasteiger partial charge >= 0.3 is 0 Å². The summed E-state index contributed by atoms with van der Waals surface area (Å²) < 4.78 is 3.96. The molecule has 0 saturated carbocycles. The molecule has 0 fully saturated rings. The second kappa shape index (κ2) is 2.38. The van der Waals surface area contributed by atoms with E-state index in [4.69, 9.17) is 12.2 Å². The molecule has 0 unspecified atom stereocenters. The molecular formula is C7H6N6S. The van der Waals surface area contributed by atoms with Crippen molar-refractivity contribution in [1.29, 1.82) is 0 Å². The average molecular weight is 206 g/mol. The number of aromatic amines is 1. The van der Waals surface area contributed by atoms with Crippen LogP contribution in [0.15, 0.2) is 12.5 Å². The lowest BCUT2D eigenvalue weighted by atomic mass is 10.4. The molecule has 0 aromatic carbocycles. The maximum Gasteiger partial charge on any atom is 0.200 e. The number of aryl methyl sites for hydroxylation is 1. The van der Waals surface area contributed by atoms with Gasteiger partial charge < -0.3 is 0 Å². The first-order valence-corrected chi connectivity index (χ1v) is 4.41. The van der Waals surface area contributed by atoms with Crippen LogP contribution in [0.5, 0.6) is 0 Å². The van der Waals surface area contributed by atoms with Gasteiger partial charge in [0.2, 0.25) is 4.77 Å². The summed E-state index contributed by atoms with van der Waals surface area (Å²) in [5, 5.41) is 11.8. The summed E-state index contributed by atoms with van der Waals surface area (Å²) in [6.07, 6.45) is 3.37. The Kier molecular flexibility index (Phi) is 1.30. The molecule has 0 aliphatic carbocycles. The molecule has 3 rings (SSSR count). The van der Waals surface area contributed by atoms with Crippen LogP contribution in [-0.2, 0) is 7.05 Å². The first kappa shape index (κ1) is 7.63. The third-order valence-corrected chi connectivity index (χ3v) is 2.44. The standard InChI is InChI=1S/C7H6N6S/c1-12-5-4(2-9-12)6-10-11-7(14)13(6)3-8-5/h2-3H,1H3,(H,11,14). The van der Waals surface area contributed by atoms with E-state index in [1.54, 1.807) is 21.6 Å². The fourth-order valence-electron chi connectivity index (χ4n) is 1.46. The largest absolute Gasteiger partial charge is 0.258 e. The number of H-pyrrole nitrogens is 1. The van der Waals surface area contributed by atoms with Gasteiger partial charge in [-0.1, -0.05) is 0 Å². The van der Waals surface area contributed by atoms with Crippen LogP contribution in [0.3, 0.4) is 0 Å².